The van der Waals surface area contributed by atoms with Gasteiger partial charge < -0.3 is 15.0 Å². The van der Waals surface area contributed by atoms with Gasteiger partial charge in [-0.25, -0.2) is 0 Å². The summed E-state index contributed by atoms with van der Waals surface area (Å²) >= 11 is 0. The standard InChI is InChI=1S/C24H21N5O/c1-25-12-13-30-21-15-26-11-8-18(21)23-22(24-19(29-23)5-3-10-28-24)17-7-6-16-4-2-9-27-20(16)14-17/h2-11,14-15,25,29H,12-13H2,1H3. The van der Waals surface area contributed by atoms with Crippen LogP contribution in [-0.2, 0) is 0 Å². The Balaban J connectivity index is 1.72. The summed E-state index contributed by atoms with van der Waals surface area (Å²) in [5.41, 5.74) is 6.84. The van der Waals surface area contributed by atoms with E-state index in [0.29, 0.717) is 6.61 Å². The molecular formula is C24H21N5O. The minimum atomic E-state index is 0.558. The quantitative estimate of drug-likeness (QED) is 0.416. The van der Waals surface area contributed by atoms with E-state index in [1.165, 1.54) is 0 Å². The molecule has 0 aliphatic heterocycles. The molecule has 148 valence electrons. The van der Waals surface area contributed by atoms with Crippen LogP contribution in [0.2, 0.25) is 0 Å². The van der Waals surface area contributed by atoms with Crippen molar-refractivity contribution in [3.63, 3.8) is 0 Å². The van der Waals surface area contributed by atoms with Crippen molar-refractivity contribution < 1.29 is 4.74 Å². The normalized spacial score (nSPS) is 11.2. The highest BCUT2D eigenvalue weighted by Crippen LogP contribution is 2.41. The van der Waals surface area contributed by atoms with Crippen LogP contribution in [0.25, 0.3) is 44.3 Å². The highest BCUT2D eigenvalue weighted by molar-refractivity contribution is 6.03. The summed E-state index contributed by atoms with van der Waals surface area (Å²) in [4.78, 5) is 17.0. The van der Waals surface area contributed by atoms with Crippen LogP contribution in [0.15, 0.2) is 73.3 Å². The number of hydrogen-bond donors (Lipinski definition) is 2. The Morgan fingerprint density at radius 1 is 1.00 bits per heavy atom. The highest BCUT2D eigenvalue weighted by Gasteiger charge is 2.19. The van der Waals surface area contributed by atoms with Crippen LogP contribution in [0, 0.1) is 0 Å². The topological polar surface area (TPSA) is 75.7 Å². The first-order valence-corrected chi connectivity index (χ1v) is 9.89. The second kappa shape index (κ2) is 7.93. The van der Waals surface area contributed by atoms with Crippen molar-refractivity contribution in [2.45, 2.75) is 0 Å². The van der Waals surface area contributed by atoms with Crippen LogP contribution >= 0.6 is 0 Å². The van der Waals surface area contributed by atoms with Gasteiger partial charge in [0.2, 0.25) is 0 Å². The van der Waals surface area contributed by atoms with E-state index >= 15 is 0 Å². The van der Waals surface area contributed by atoms with E-state index < -0.39 is 0 Å². The number of fused-ring (bicyclic) bond motifs is 2. The fraction of sp³-hybridized carbons (Fsp3) is 0.125. The largest absolute Gasteiger partial charge is 0.490 e. The van der Waals surface area contributed by atoms with Crippen molar-refractivity contribution in [3.05, 3.63) is 73.3 Å². The number of H-pyrrole nitrogens is 1. The summed E-state index contributed by atoms with van der Waals surface area (Å²) in [6.45, 7) is 1.31. The number of aromatic nitrogens is 4. The number of ether oxygens (including phenoxy) is 1. The van der Waals surface area contributed by atoms with Crippen LogP contribution in [0.1, 0.15) is 0 Å². The number of likely N-dealkylation sites (N-methyl/N-ethyl adjacent to an activating group) is 1. The van der Waals surface area contributed by atoms with Gasteiger partial charge in [0.25, 0.3) is 0 Å². The predicted octanol–water partition coefficient (Wildman–Crippen LogP) is 4.44. The summed E-state index contributed by atoms with van der Waals surface area (Å²) in [6.07, 6.45) is 7.18. The molecule has 6 nitrogen and oxygen atoms in total. The number of nitrogens with one attached hydrogen (secondary N) is 2. The molecule has 4 heterocycles. The highest BCUT2D eigenvalue weighted by atomic mass is 16.5. The average Bonchev–Trinajstić information content (AvgIpc) is 3.18. The smallest absolute Gasteiger partial charge is 0.146 e. The molecule has 5 rings (SSSR count). The predicted molar refractivity (Wildman–Crippen MR) is 119 cm³/mol. The van der Waals surface area contributed by atoms with Crippen molar-refractivity contribution in [2.75, 3.05) is 20.2 Å². The number of rotatable bonds is 6. The van der Waals surface area contributed by atoms with Gasteiger partial charge in [-0.1, -0.05) is 18.2 Å². The third-order valence-corrected chi connectivity index (χ3v) is 5.11. The molecule has 0 saturated carbocycles. The summed E-state index contributed by atoms with van der Waals surface area (Å²) in [5.74, 6) is 0.736. The third kappa shape index (κ3) is 3.27. The minimum absolute atomic E-state index is 0.558. The lowest BCUT2D eigenvalue weighted by Crippen LogP contribution is -2.16. The maximum Gasteiger partial charge on any atom is 0.146 e. The number of pyridine rings is 3. The lowest BCUT2D eigenvalue weighted by atomic mass is 9.99. The van der Waals surface area contributed by atoms with Gasteiger partial charge in [0.1, 0.15) is 12.4 Å². The molecule has 0 atom stereocenters. The van der Waals surface area contributed by atoms with Gasteiger partial charge in [-0.05, 0) is 42.9 Å². The number of hydrogen-bond acceptors (Lipinski definition) is 5. The van der Waals surface area contributed by atoms with E-state index in [-0.39, 0.29) is 0 Å². The maximum absolute atomic E-state index is 6.01. The van der Waals surface area contributed by atoms with Gasteiger partial charge in [-0.15, -0.1) is 0 Å². The van der Waals surface area contributed by atoms with Crippen LogP contribution in [0.4, 0.5) is 0 Å². The zero-order valence-electron chi connectivity index (χ0n) is 16.6. The number of nitrogens with zero attached hydrogens (tertiary/aromatic N) is 3. The Morgan fingerprint density at radius 3 is 2.83 bits per heavy atom. The van der Waals surface area contributed by atoms with E-state index in [9.17, 15) is 0 Å². The molecule has 5 aromatic rings. The monoisotopic (exact) mass is 395 g/mol. The molecule has 0 saturated heterocycles. The van der Waals surface area contributed by atoms with Crippen molar-refractivity contribution in [2.24, 2.45) is 0 Å². The van der Waals surface area contributed by atoms with Crippen LogP contribution in [0.5, 0.6) is 5.75 Å². The summed E-state index contributed by atoms with van der Waals surface area (Å²) in [7, 11) is 1.91. The van der Waals surface area contributed by atoms with Gasteiger partial charge in [0, 0.05) is 41.6 Å². The molecule has 0 fully saturated rings. The van der Waals surface area contributed by atoms with Crippen molar-refractivity contribution >= 4 is 21.9 Å². The second-order valence-corrected chi connectivity index (χ2v) is 7.01. The second-order valence-electron chi connectivity index (χ2n) is 7.01. The molecule has 2 N–H and O–H groups in total. The Kier molecular flexibility index (Phi) is 4.83. The van der Waals surface area contributed by atoms with Crippen molar-refractivity contribution in [1.82, 2.24) is 25.3 Å². The van der Waals surface area contributed by atoms with Crippen LogP contribution in [0.3, 0.4) is 0 Å². The van der Waals surface area contributed by atoms with Crippen LogP contribution in [-0.4, -0.2) is 40.1 Å². The fourth-order valence-electron chi connectivity index (χ4n) is 3.69. The molecule has 0 radical (unpaired) electrons. The number of benzene rings is 1. The SMILES string of the molecule is CNCCOc1cnccc1-c1[nH]c2cccnc2c1-c1ccc2cccnc2c1. The molecule has 0 aliphatic rings. The van der Waals surface area contributed by atoms with E-state index in [1.807, 2.05) is 43.7 Å². The summed E-state index contributed by atoms with van der Waals surface area (Å²) in [6, 6.07) is 16.3. The summed E-state index contributed by atoms with van der Waals surface area (Å²) < 4.78 is 6.01. The molecule has 0 amide bonds. The molecule has 0 bridgehead atoms. The molecule has 6 heteroatoms. The summed E-state index contributed by atoms with van der Waals surface area (Å²) in [5, 5.41) is 4.21. The lowest BCUT2D eigenvalue weighted by molar-refractivity contribution is 0.318. The van der Waals surface area contributed by atoms with Crippen molar-refractivity contribution in [3.8, 4) is 28.1 Å². The molecule has 0 aliphatic carbocycles. The van der Waals surface area contributed by atoms with E-state index in [2.05, 4.69) is 49.5 Å². The fourth-order valence-corrected chi connectivity index (χ4v) is 3.69. The molecule has 0 unspecified atom stereocenters. The van der Waals surface area contributed by atoms with Crippen LogP contribution < -0.4 is 10.1 Å². The first-order chi connectivity index (χ1) is 14.8. The zero-order chi connectivity index (χ0) is 20.3. The van der Waals surface area contributed by atoms with Gasteiger partial charge in [0.15, 0.2) is 0 Å². The van der Waals surface area contributed by atoms with E-state index in [0.717, 1.165) is 56.6 Å². The Morgan fingerprint density at radius 2 is 1.90 bits per heavy atom. The van der Waals surface area contributed by atoms with Gasteiger partial charge >= 0.3 is 0 Å². The van der Waals surface area contributed by atoms with Gasteiger partial charge in [0.05, 0.1) is 28.4 Å². The van der Waals surface area contributed by atoms with Gasteiger partial charge in [-0.2, -0.15) is 0 Å². The lowest BCUT2D eigenvalue weighted by Gasteiger charge is -2.12. The molecule has 0 spiro atoms. The van der Waals surface area contributed by atoms with E-state index in [1.54, 1.807) is 12.4 Å². The maximum atomic E-state index is 6.01. The van der Waals surface area contributed by atoms with Gasteiger partial charge in [-0.3, -0.25) is 15.0 Å². The average molecular weight is 395 g/mol. The Bertz CT molecular complexity index is 1330. The third-order valence-electron chi connectivity index (χ3n) is 5.11. The molecular weight excluding hydrogens is 374 g/mol. The first-order valence-electron chi connectivity index (χ1n) is 9.89. The molecule has 30 heavy (non-hydrogen) atoms. The van der Waals surface area contributed by atoms with E-state index in [4.69, 9.17) is 4.74 Å². The minimum Gasteiger partial charge on any atom is -0.490 e. The Labute approximate surface area is 174 Å². The number of aromatic amines is 1. The van der Waals surface area contributed by atoms with Crippen molar-refractivity contribution in [1.29, 1.82) is 0 Å². The zero-order valence-corrected chi connectivity index (χ0v) is 16.6. The molecule has 4 aromatic heterocycles. The first kappa shape index (κ1) is 18.3. The molecule has 1 aromatic carbocycles. The Hall–Kier alpha value is -3.77.